The summed E-state index contributed by atoms with van der Waals surface area (Å²) in [7, 11) is 1.91. The highest BCUT2D eigenvalue weighted by Gasteiger charge is 2.05. The van der Waals surface area contributed by atoms with E-state index in [2.05, 4.69) is 71.0 Å². The van der Waals surface area contributed by atoms with Crippen LogP contribution in [0, 0.1) is 0 Å². The van der Waals surface area contributed by atoms with Crippen molar-refractivity contribution >= 4 is 11.0 Å². The molecule has 0 radical (unpaired) electrons. The van der Waals surface area contributed by atoms with Gasteiger partial charge < -0.3 is 0 Å². The number of rotatable bonds is 2. The van der Waals surface area contributed by atoms with Gasteiger partial charge >= 0.3 is 0 Å². The van der Waals surface area contributed by atoms with Crippen molar-refractivity contribution in [2.45, 2.75) is 0 Å². The molecule has 0 bridgehead atoms. The zero-order valence-corrected chi connectivity index (χ0v) is 12.3. The summed E-state index contributed by atoms with van der Waals surface area (Å²) < 4.78 is 1.80. The molecule has 0 aliphatic heterocycles. The molecule has 3 heteroatoms. The van der Waals surface area contributed by atoms with E-state index in [0.717, 1.165) is 11.0 Å². The van der Waals surface area contributed by atoms with Crippen LogP contribution >= 0.6 is 0 Å². The lowest BCUT2D eigenvalue weighted by molar-refractivity contribution is 0.736. The summed E-state index contributed by atoms with van der Waals surface area (Å²) in [6.45, 7) is 0. The molecule has 22 heavy (non-hydrogen) atoms. The fourth-order valence-corrected chi connectivity index (χ4v) is 2.70. The van der Waals surface area contributed by atoms with Gasteiger partial charge in [0.15, 0.2) is 0 Å². The first kappa shape index (κ1) is 12.8. The van der Waals surface area contributed by atoms with Crippen LogP contribution in [0.5, 0.6) is 0 Å². The Morgan fingerprint density at radius 2 is 1.27 bits per heavy atom. The topological polar surface area (TPSA) is 30.7 Å². The summed E-state index contributed by atoms with van der Waals surface area (Å²) in [4.78, 5) is 0. The first-order valence-corrected chi connectivity index (χ1v) is 7.26. The second-order valence-electron chi connectivity index (χ2n) is 5.36. The fraction of sp³-hybridized carbons (Fsp3) is 0.0526. The molecule has 1 heterocycles. The maximum absolute atomic E-state index is 4.12. The normalized spacial score (nSPS) is 11.0. The molecule has 0 aliphatic rings. The molecule has 0 saturated carbocycles. The summed E-state index contributed by atoms with van der Waals surface area (Å²) in [6, 6.07) is 25.3. The van der Waals surface area contributed by atoms with Crippen LogP contribution in [-0.4, -0.2) is 15.0 Å². The van der Waals surface area contributed by atoms with Crippen molar-refractivity contribution in [1.29, 1.82) is 0 Å². The Balaban J connectivity index is 1.74. The van der Waals surface area contributed by atoms with Crippen molar-refractivity contribution in [2.75, 3.05) is 0 Å². The van der Waals surface area contributed by atoms with Gasteiger partial charge in [0.25, 0.3) is 0 Å². The Labute approximate surface area is 128 Å². The number of hydrogen-bond acceptors (Lipinski definition) is 2. The third kappa shape index (κ3) is 2.17. The first-order chi connectivity index (χ1) is 10.8. The molecule has 0 atom stereocenters. The van der Waals surface area contributed by atoms with Crippen molar-refractivity contribution < 1.29 is 0 Å². The maximum atomic E-state index is 4.12. The van der Waals surface area contributed by atoms with Gasteiger partial charge in [-0.15, -0.1) is 5.10 Å². The van der Waals surface area contributed by atoms with Gasteiger partial charge in [-0.2, -0.15) is 0 Å². The molecule has 0 aliphatic carbocycles. The third-order valence-corrected chi connectivity index (χ3v) is 3.94. The molecular weight excluding hydrogens is 270 g/mol. The van der Waals surface area contributed by atoms with Crippen LogP contribution in [0.2, 0.25) is 0 Å². The van der Waals surface area contributed by atoms with Crippen molar-refractivity contribution in [3.8, 4) is 22.3 Å². The molecule has 106 valence electrons. The largest absolute Gasteiger partial charge is 0.248 e. The molecule has 0 unspecified atom stereocenters. The van der Waals surface area contributed by atoms with Crippen molar-refractivity contribution in [3.63, 3.8) is 0 Å². The minimum Gasteiger partial charge on any atom is -0.248 e. The minimum absolute atomic E-state index is 0.923. The van der Waals surface area contributed by atoms with Gasteiger partial charge in [0, 0.05) is 7.05 Å². The molecule has 0 amide bonds. The van der Waals surface area contributed by atoms with Crippen LogP contribution in [-0.2, 0) is 7.05 Å². The zero-order chi connectivity index (χ0) is 14.9. The van der Waals surface area contributed by atoms with Crippen LogP contribution in [0.4, 0.5) is 0 Å². The summed E-state index contributed by atoms with van der Waals surface area (Å²) >= 11 is 0. The molecule has 4 aromatic rings. The van der Waals surface area contributed by atoms with Gasteiger partial charge in [0.05, 0.1) is 5.52 Å². The fourth-order valence-electron chi connectivity index (χ4n) is 2.70. The number of aryl methyl sites for hydroxylation is 1. The smallest absolute Gasteiger partial charge is 0.113 e. The molecule has 1 aromatic heterocycles. The van der Waals surface area contributed by atoms with E-state index >= 15 is 0 Å². The number of benzene rings is 3. The van der Waals surface area contributed by atoms with Crippen molar-refractivity contribution in [3.05, 3.63) is 72.8 Å². The Hall–Kier alpha value is -2.94. The van der Waals surface area contributed by atoms with Crippen LogP contribution in [0.25, 0.3) is 33.3 Å². The minimum atomic E-state index is 0.923. The van der Waals surface area contributed by atoms with Gasteiger partial charge in [0.1, 0.15) is 5.52 Å². The SMILES string of the molecule is Cn1nnc2ccc(-c3ccc(-c4ccccc4)cc3)cc21. The highest BCUT2D eigenvalue weighted by Crippen LogP contribution is 2.26. The lowest BCUT2D eigenvalue weighted by Gasteiger charge is -2.05. The quantitative estimate of drug-likeness (QED) is 0.549. The molecule has 4 rings (SSSR count). The van der Waals surface area contributed by atoms with E-state index in [1.165, 1.54) is 22.3 Å². The van der Waals surface area contributed by atoms with E-state index in [9.17, 15) is 0 Å². The first-order valence-electron chi connectivity index (χ1n) is 7.26. The van der Waals surface area contributed by atoms with Gasteiger partial charge in [-0.1, -0.05) is 65.9 Å². The molecule has 0 fully saturated rings. The average Bonchev–Trinajstić information content (AvgIpc) is 2.96. The summed E-state index contributed by atoms with van der Waals surface area (Å²) in [6.07, 6.45) is 0. The van der Waals surface area contributed by atoms with Crippen molar-refractivity contribution in [2.24, 2.45) is 7.05 Å². The van der Waals surface area contributed by atoms with Crippen LogP contribution in [0.3, 0.4) is 0 Å². The van der Waals surface area contributed by atoms with Crippen molar-refractivity contribution in [1.82, 2.24) is 15.0 Å². The van der Waals surface area contributed by atoms with Gasteiger partial charge in [-0.3, -0.25) is 0 Å². The van der Waals surface area contributed by atoms with E-state index in [1.54, 1.807) is 4.68 Å². The van der Waals surface area contributed by atoms with E-state index in [1.807, 2.05) is 19.2 Å². The average molecular weight is 285 g/mol. The Morgan fingerprint density at radius 1 is 0.682 bits per heavy atom. The summed E-state index contributed by atoms with van der Waals surface area (Å²) in [5.41, 5.74) is 6.81. The predicted molar refractivity (Wildman–Crippen MR) is 89.4 cm³/mol. The number of nitrogens with zero attached hydrogens (tertiary/aromatic N) is 3. The van der Waals surface area contributed by atoms with Gasteiger partial charge in [-0.25, -0.2) is 4.68 Å². The Kier molecular flexibility index (Phi) is 2.97. The molecule has 3 nitrogen and oxygen atoms in total. The highest BCUT2D eigenvalue weighted by molar-refractivity contribution is 5.82. The number of fused-ring (bicyclic) bond motifs is 1. The van der Waals surface area contributed by atoms with E-state index in [0.29, 0.717) is 0 Å². The predicted octanol–water partition coefficient (Wildman–Crippen LogP) is 4.30. The lowest BCUT2D eigenvalue weighted by atomic mass is 10.00. The van der Waals surface area contributed by atoms with Gasteiger partial charge in [-0.05, 0) is 34.4 Å². The number of hydrogen-bond donors (Lipinski definition) is 0. The van der Waals surface area contributed by atoms with E-state index in [4.69, 9.17) is 0 Å². The number of aromatic nitrogens is 3. The van der Waals surface area contributed by atoms with E-state index in [-0.39, 0.29) is 0 Å². The Bertz CT molecular complexity index is 922. The molecule has 0 N–H and O–H groups in total. The second-order valence-corrected chi connectivity index (χ2v) is 5.36. The monoisotopic (exact) mass is 285 g/mol. The lowest BCUT2D eigenvalue weighted by Crippen LogP contribution is -1.89. The second kappa shape index (κ2) is 5.11. The molecule has 0 saturated heterocycles. The third-order valence-electron chi connectivity index (χ3n) is 3.94. The maximum Gasteiger partial charge on any atom is 0.113 e. The van der Waals surface area contributed by atoms with Crippen LogP contribution in [0.1, 0.15) is 0 Å². The standard InChI is InChI=1S/C19H15N3/c1-22-19-13-17(11-12-18(19)20-21-22)16-9-7-15(8-10-16)14-5-3-2-4-6-14/h2-13H,1H3. The highest BCUT2D eigenvalue weighted by atomic mass is 15.4. The summed E-state index contributed by atoms with van der Waals surface area (Å²) in [5, 5.41) is 8.17. The van der Waals surface area contributed by atoms with Crippen LogP contribution in [0.15, 0.2) is 72.8 Å². The van der Waals surface area contributed by atoms with E-state index < -0.39 is 0 Å². The van der Waals surface area contributed by atoms with Gasteiger partial charge in [0.2, 0.25) is 0 Å². The zero-order valence-electron chi connectivity index (χ0n) is 12.3. The summed E-state index contributed by atoms with van der Waals surface area (Å²) in [5.74, 6) is 0. The molecular formula is C19H15N3. The molecule has 0 spiro atoms. The molecule has 3 aromatic carbocycles. The Morgan fingerprint density at radius 3 is 2.00 bits per heavy atom. The van der Waals surface area contributed by atoms with Crippen LogP contribution < -0.4 is 0 Å².